The maximum absolute atomic E-state index is 14.9. The normalized spacial score (nSPS) is 54.3. The third-order valence-electron chi connectivity index (χ3n) is 7.89. The molecule has 0 heterocycles. The van der Waals surface area contributed by atoms with Crippen molar-refractivity contribution in [1.29, 1.82) is 0 Å². The van der Waals surface area contributed by atoms with Crippen molar-refractivity contribution in [2.45, 2.75) is 71.1 Å². The van der Waals surface area contributed by atoms with E-state index in [4.69, 9.17) is 0 Å². The third kappa shape index (κ3) is 1.78. The molecule has 0 aliphatic heterocycles. The largest absolute Gasteiger partial charge is 0.393 e. The second-order valence-corrected chi connectivity index (χ2v) is 8.70. The van der Waals surface area contributed by atoms with Crippen LogP contribution in [0.5, 0.6) is 0 Å². The minimum Gasteiger partial charge on any atom is -0.393 e. The van der Waals surface area contributed by atoms with E-state index in [1.165, 1.54) is 0 Å². The Morgan fingerprint density at radius 3 is 2.73 bits per heavy atom. The molecule has 0 amide bonds. The maximum Gasteiger partial charge on any atom is 0.155 e. The molecule has 7 atom stereocenters. The van der Waals surface area contributed by atoms with Gasteiger partial charge in [0.05, 0.1) is 6.10 Å². The van der Waals surface area contributed by atoms with Gasteiger partial charge in [-0.05, 0) is 78.8 Å². The number of rotatable bonds is 0. The third-order valence-corrected chi connectivity index (χ3v) is 7.89. The Hall–Kier alpha value is -0.700. The monoisotopic (exact) mass is 306 g/mol. The first-order valence-electron chi connectivity index (χ1n) is 8.93. The molecule has 0 spiro atoms. The van der Waals surface area contributed by atoms with Crippen LogP contribution < -0.4 is 0 Å². The highest BCUT2D eigenvalue weighted by atomic mass is 19.1. The summed E-state index contributed by atoms with van der Waals surface area (Å²) in [6.45, 7) is 4.42. The number of alkyl halides is 1. The van der Waals surface area contributed by atoms with Gasteiger partial charge >= 0.3 is 0 Å². The highest BCUT2D eigenvalue weighted by Gasteiger charge is 2.60. The van der Waals surface area contributed by atoms with Gasteiger partial charge in [-0.25, -0.2) is 4.39 Å². The van der Waals surface area contributed by atoms with Crippen LogP contribution in [0.4, 0.5) is 4.39 Å². The van der Waals surface area contributed by atoms with Crippen LogP contribution in [0.25, 0.3) is 0 Å². The molecule has 122 valence electrons. The SMILES string of the molecule is C[C@]12CCC(=O)C=C1C(F)C[C@@H]1[C@@H]2CC[C@]2(C)C(O)CC[C@@H]12. The molecule has 0 saturated heterocycles. The molecule has 4 aliphatic rings. The predicted molar refractivity (Wildman–Crippen MR) is 83.0 cm³/mol. The first kappa shape index (κ1) is 14.9. The number of fused-ring (bicyclic) bond motifs is 5. The van der Waals surface area contributed by atoms with E-state index in [1.54, 1.807) is 6.08 Å². The summed E-state index contributed by atoms with van der Waals surface area (Å²) >= 11 is 0. The Morgan fingerprint density at radius 1 is 1.18 bits per heavy atom. The average Bonchev–Trinajstić information content (AvgIpc) is 2.77. The molecule has 2 unspecified atom stereocenters. The molecule has 3 fully saturated rings. The number of aliphatic hydroxyl groups is 1. The summed E-state index contributed by atoms with van der Waals surface area (Å²) in [5, 5.41) is 10.4. The minimum absolute atomic E-state index is 0.0110. The van der Waals surface area contributed by atoms with Crippen molar-refractivity contribution in [2.75, 3.05) is 0 Å². The lowest BCUT2D eigenvalue weighted by molar-refractivity contribution is -0.119. The Bertz CT molecular complexity index is 542. The number of carbonyl (C=O) groups is 1. The van der Waals surface area contributed by atoms with Crippen LogP contribution in [0.2, 0.25) is 0 Å². The quantitative estimate of drug-likeness (QED) is 0.738. The molecule has 0 aromatic rings. The van der Waals surface area contributed by atoms with Gasteiger partial charge in [-0.1, -0.05) is 13.8 Å². The summed E-state index contributed by atoms with van der Waals surface area (Å²) in [6.07, 6.45) is 6.43. The number of ketones is 1. The zero-order chi connectivity index (χ0) is 15.7. The minimum atomic E-state index is -0.962. The number of halogens is 1. The van der Waals surface area contributed by atoms with Gasteiger partial charge in [0, 0.05) is 6.42 Å². The van der Waals surface area contributed by atoms with Crippen molar-refractivity contribution < 1.29 is 14.3 Å². The zero-order valence-corrected chi connectivity index (χ0v) is 13.6. The van der Waals surface area contributed by atoms with E-state index in [9.17, 15) is 14.3 Å². The summed E-state index contributed by atoms with van der Waals surface area (Å²) < 4.78 is 14.9. The molecule has 0 aromatic heterocycles. The molecule has 0 aromatic carbocycles. The number of allylic oxidation sites excluding steroid dienone is 1. The lowest BCUT2D eigenvalue weighted by Gasteiger charge is -2.58. The van der Waals surface area contributed by atoms with E-state index >= 15 is 0 Å². The molecule has 22 heavy (non-hydrogen) atoms. The summed E-state index contributed by atoms with van der Waals surface area (Å²) in [5.74, 6) is 1.42. The highest BCUT2D eigenvalue weighted by molar-refractivity contribution is 5.91. The van der Waals surface area contributed by atoms with Crippen molar-refractivity contribution in [3.8, 4) is 0 Å². The number of carbonyl (C=O) groups excluding carboxylic acids is 1. The number of hydrogen-bond acceptors (Lipinski definition) is 2. The fourth-order valence-electron chi connectivity index (χ4n) is 6.53. The van der Waals surface area contributed by atoms with E-state index < -0.39 is 6.17 Å². The lowest BCUT2D eigenvalue weighted by atomic mass is 9.47. The van der Waals surface area contributed by atoms with E-state index in [0.29, 0.717) is 30.6 Å². The van der Waals surface area contributed by atoms with Gasteiger partial charge in [-0.3, -0.25) is 4.79 Å². The molecular weight excluding hydrogens is 279 g/mol. The predicted octanol–water partition coefficient (Wildman–Crippen LogP) is 3.83. The topological polar surface area (TPSA) is 37.3 Å². The molecule has 1 N–H and O–H groups in total. The van der Waals surface area contributed by atoms with E-state index in [1.807, 2.05) is 0 Å². The number of hydrogen-bond donors (Lipinski definition) is 1. The fraction of sp³-hybridized carbons (Fsp3) is 0.842. The Labute approximate surface area is 132 Å². The summed E-state index contributed by atoms with van der Waals surface area (Å²) in [6, 6.07) is 0. The second kappa shape index (κ2) is 4.66. The molecule has 3 heteroatoms. The van der Waals surface area contributed by atoms with Gasteiger partial charge in [0.1, 0.15) is 6.17 Å². The van der Waals surface area contributed by atoms with Gasteiger partial charge in [-0.2, -0.15) is 0 Å². The van der Waals surface area contributed by atoms with Crippen molar-refractivity contribution in [2.24, 2.45) is 28.6 Å². The first-order chi connectivity index (χ1) is 10.4. The molecule has 4 aliphatic carbocycles. The molecule has 4 rings (SSSR count). The van der Waals surface area contributed by atoms with Gasteiger partial charge in [-0.15, -0.1) is 0 Å². The smallest absolute Gasteiger partial charge is 0.155 e. The van der Waals surface area contributed by atoms with E-state index in [-0.39, 0.29) is 22.7 Å². The number of aliphatic hydroxyl groups excluding tert-OH is 1. The summed E-state index contributed by atoms with van der Waals surface area (Å²) in [5.41, 5.74) is 0.640. The van der Waals surface area contributed by atoms with E-state index in [2.05, 4.69) is 13.8 Å². The van der Waals surface area contributed by atoms with Crippen molar-refractivity contribution in [1.82, 2.24) is 0 Å². The molecule has 2 nitrogen and oxygen atoms in total. The molecular formula is C19H27FO2. The Balaban J connectivity index is 1.73. The fourth-order valence-corrected chi connectivity index (χ4v) is 6.53. The van der Waals surface area contributed by atoms with Crippen molar-refractivity contribution in [3.63, 3.8) is 0 Å². The Kier molecular flexibility index (Phi) is 3.15. The molecule has 0 bridgehead atoms. The van der Waals surface area contributed by atoms with Crippen LogP contribution in [0, 0.1) is 28.6 Å². The lowest BCUT2D eigenvalue weighted by Crippen LogP contribution is -2.53. The van der Waals surface area contributed by atoms with Gasteiger partial charge < -0.3 is 5.11 Å². The van der Waals surface area contributed by atoms with Gasteiger partial charge in [0.2, 0.25) is 0 Å². The van der Waals surface area contributed by atoms with Crippen molar-refractivity contribution >= 4 is 5.78 Å². The van der Waals surface area contributed by atoms with Crippen LogP contribution in [0.1, 0.15) is 58.8 Å². The van der Waals surface area contributed by atoms with Crippen LogP contribution in [0.3, 0.4) is 0 Å². The molecule has 0 radical (unpaired) electrons. The van der Waals surface area contributed by atoms with Crippen LogP contribution in [-0.4, -0.2) is 23.2 Å². The second-order valence-electron chi connectivity index (χ2n) is 8.70. The highest BCUT2D eigenvalue weighted by Crippen LogP contribution is 2.65. The summed E-state index contributed by atoms with van der Waals surface area (Å²) in [4.78, 5) is 11.8. The van der Waals surface area contributed by atoms with Crippen LogP contribution >= 0.6 is 0 Å². The Morgan fingerprint density at radius 2 is 1.95 bits per heavy atom. The van der Waals surface area contributed by atoms with Crippen LogP contribution in [-0.2, 0) is 4.79 Å². The van der Waals surface area contributed by atoms with Crippen molar-refractivity contribution in [3.05, 3.63) is 11.6 Å². The van der Waals surface area contributed by atoms with Gasteiger partial charge in [0.25, 0.3) is 0 Å². The summed E-state index contributed by atoms with van der Waals surface area (Å²) in [7, 11) is 0. The molecule has 3 saturated carbocycles. The van der Waals surface area contributed by atoms with Crippen LogP contribution in [0.15, 0.2) is 11.6 Å². The maximum atomic E-state index is 14.9. The average molecular weight is 306 g/mol. The first-order valence-corrected chi connectivity index (χ1v) is 8.93. The van der Waals surface area contributed by atoms with E-state index in [0.717, 1.165) is 37.7 Å². The standard InChI is InChI=1S/C19H27FO2/c1-18-7-5-11(21)9-15(18)16(20)10-12-13-3-4-17(22)19(13,2)8-6-14(12)18/h9,12-14,16-17,22H,3-8,10H2,1-2H3/t12-,13-,14-,16?,17?,18+,19-/m0/s1. The zero-order valence-electron chi connectivity index (χ0n) is 13.6. The van der Waals surface area contributed by atoms with Gasteiger partial charge in [0.15, 0.2) is 5.78 Å².